The number of aliphatic carboxylic acids is 1. The highest BCUT2D eigenvalue weighted by atomic mass is 35.5. The van der Waals surface area contributed by atoms with E-state index in [-0.39, 0.29) is 5.75 Å². The maximum Gasteiger partial charge on any atom is 0.341 e. The summed E-state index contributed by atoms with van der Waals surface area (Å²) in [5.41, 5.74) is 0.946. The topological polar surface area (TPSA) is 67.8 Å². The maximum absolute atomic E-state index is 10.5. The molecule has 0 spiro atoms. The third-order valence-corrected chi connectivity index (χ3v) is 2.49. The average molecular weight is 274 g/mol. The lowest BCUT2D eigenvalue weighted by molar-refractivity contribution is -0.139. The summed E-state index contributed by atoms with van der Waals surface area (Å²) in [6, 6.07) is 3.50. The van der Waals surface area contributed by atoms with Gasteiger partial charge < -0.3 is 19.9 Å². The van der Waals surface area contributed by atoms with Gasteiger partial charge in [-0.2, -0.15) is 0 Å². The van der Waals surface area contributed by atoms with Gasteiger partial charge in [-0.1, -0.05) is 18.5 Å². The molecule has 0 fully saturated rings. The molecule has 0 atom stereocenters. The van der Waals surface area contributed by atoms with Gasteiger partial charge in [0.25, 0.3) is 0 Å². The van der Waals surface area contributed by atoms with E-state index in [1.54, 1.807) is 12.1 Å². The van der Waals surface area contributed by atoms with Gasteiger partial charge in [-0.25, -0.2) is 4.79 Å². The van der Waals surface area contributed by atoms with Gasteiger partial charge in [-0.15, -0.1) is 0 Å². The number of hydrogen-bond acceptors (Lipinski definition) is 4. The molecule has 1 aromatic rings. The Bertz CT molecular complexity index is 423. The van der Waals surface area contributed by atoms with E-state index in [0.717, 1.165) is 12.1 Å². The molecule has 6 heteroatoms. The first-order valence-electron chi connectivity index (χ1n) is 5.50. The summed E-state index contributed by atoms with van der Waals surface area (Å²) in [6.45, 7) is 3.05. The van der Waals surface area contributed by atoms with Crippen LogP contribution in [0.15, 0.2) is 12.1 Å². The van der Waals surface area contributed by atoms with Crippen molar-refractivity contribution < 1.29 is 19.4 Å². The minimum Gasteiger partial charge on any atom is -0.493 e. The fourth-order valence-corrected chi connectivity index (χ4v) is 1.71. The lowest BCUT2D eigenvalue weighted by Crippen LogP contribution is -2.13. The third-order valence-electron chi connectivity index (χ3n) is 2.21. The maximum atomic E-state index is 10.5. The molecular formula is C12H16ClNO4. The van der Waals surface area contributed by atoms with E-state index in [9.17, 15) is 4.79 Å². The second-order valence-corrected chi connectivity index (χ2v) is 3.98. The van der Waals surface area contributed by atoms with Crippen LogP contribution in [0.4, 0.5) is 0 Å². The number of rotatable bonds is 7. The Morgan fingerprint density at radius 1 is 1.50 bits per heavy atom. The minimum absolute atomic E-state index is 0.252. The fourth-order valence-electron chi connectivity index (χ4n) is 1.42. The quantitative estimate of drug-likeness (QED) is 0.794. The lowest BCUT2D eigenvalue weighted by Gasteiger charge is -2.13. The molecule has 18 heavy (non-hydrogen) atoms. The largest absolute Gasteiger partial charge is 0.493 e. The number of benzene rings is 1. The van der Waals surface area contributed by atoms with Crippen molar-refractivity contribution >= 4 is 17.6 Å². The van der Waals surface area contributed by atoms with Gasteiger partial charge in [0.15, 0.2) is 18.1 Å². The highest BCUT2D eigenvalue weighted by molar-refractivity contribution is 6.32. The third kappa shape index (κ3) is 4.09. The van der Waals surface area contributed by atoms with Crippen LogP contribution in [0.1, 0.15) is 12.5 Å². The van der Waals surface area contributed by atoms with Gasteiger partial charge in [0.2, 0.25) is 0 Å². The summed E-state index contributed by atoms with van der Waals surface area (Å²) in [7, 11) is 1.48. The standard InChI is InChI=1S/C12H16ClNO4/c1-3-14-6-8-4-9(13)12(10(5-8)17-2)18-7-11(15)16/h4-5,14H,3,6-7H2,1-2H3,(H,15,16). The van der Waals surface area contributed by atoms with E-state index in [4.69, 9.17) is 26.2 Å². The first-order chi connectivity index (χ1) is 8.58. The minimum atomic E-state index is -1.06. The summed E-state index contributed by atoms with van der Waals surface area (Å²) < 4.78 is 10.3. The van der Waals surface area contributed by atoms with Crippen LogP contribution in [0.5, 0.6) is 11.5 Å². The van der Waals surface area contributed by atoms with Crippen molar-refractivity contribution in [3.05, 3.63) is 22.7 Å². The molecule has 1 rings (SSSR count). The molecule has 0 bridgehead atoms. The normalized spacial score (nSPS) is 10.2. The van der Waals surface area contributed by atoms with Crippen molar-refractivity contribution in [3.63, 3.8) is 0 Å². The Labute approximate surface area is 111 Å². The monoisotopic (exact) mass is 273 g/mol. The Balaban J connectivity index is 2.92. The second-order valence-electron chi connectivity index (χ2n) is 3.57. The number of halogens is 1. The van der Waals surface area contributed by atoms with Crippen LogP contribution in [-0.4, -0.2) is 31.3 Å². The number of carboxylic acid groups (broad SMARTS) is 1. The van der Waals surface area contributed by atoms with Crippen LogP contribution < -0.4 is 14.8 Å². The zero-order valence-electron chi connectivity index (χ0n) is 10.3. The molecule has 2 N–H and O–H groups in total. The summed E-state index contributed by atoms with van der Waals surface area (Å²) in [5.74, 6) is -0.386. The number of hydrogen-bond donors (Lipinski definition) is 2. The molecule has 0 aliphatic rings. The summed E-state index contributed by atoms with van der Waals surface area (Å²) in [6.07, 6.45) is 0. The summed E-state index contributed by atoms with van der Waals surface area (Å²) in [4.78, 5) is 10.5. The smallest absolute Gasteiger partial charge is 0.341 e. The molecule has 0 saturated carbocycles. The van der Waals surface area contributed by atoms with Crippen LogP contribution in [-0.2, 0) is 11.3 Å². The predicted molar refractivity (Wildman–Crippen MR) is 68.5 cm³/mol. The first kappa shape index (κ1) is 14.6. The van der Waals surface area contributed by atoms with Crippen LogP contribution in [0.2, 0.25) is 5.02 Å². The second kappa shape index (κ2) is 7.08. The van der Waals surface area contributed by atoms with Gasteiger partial charge in [0.1, 0.15) is 0 Å². The van der Waals surface area contributed by atoms with Gasteiger partial charge in [0.05, 0.1) is 12.1 Å². The summed E-state index contributed by atoms with van der Waals surface area (Å²) >= 11 is 6.05. The molecule has 0 unspecified atom stereocenters. The van der Waals surface area contributed by atoms with E-state index in [0.29, 0.717) is 17.3 Å². The number of carboxylic acids is 1. The van der Waals surface area contributed by atoms with E-state index in [1.807, 2.05) is 6.92 Å². The van der Waals surface area contributed by atoms with Gasteiger partial charge in [0, 0.05) is 6.54 Å². The Morgan fingerprint density at radius 3 is 2.78 bits per heavy atom. The average Bonchev–Trinajstić information content (AvgIpc) is 2.34. The zero-order chi connectivity index (χ0) is 13.5. The first-order valence-corrected chi connectivity index (χ1v) is 5.88. The molecule has 0 saturated heterocycles. The molecule has 0 amide bonds. The van der Waals surface area contributed by atoms with E-state index >= 15 is 0 Å². The molecule has 100 valence electrons. The molecule has 0 aromatic heterocycles. The van der Waals surface area contributed by atoms with Gasteiger partial charge in [-0.05, 0) is 24.2 Å². The molecule has 0 heterocycles. The van der Waals surface area contributed by atoms with Crippen molar-refractivity contribution in [3.8, 4) is 11.5 Å². The number of ether oxygens (including phenoxy) is 2. The highest BCUT2D eigenvalue weighted by Crippen LogP contribution is 2.36. The van der Waals surface area contributed by atoms with Gasteiger partial charge >= 0.3 is 5.97 Å². The fraction of sp³-hybridized carbons (Fsp3) is 0.417. The summed E-state index contributed by atoms with van der Waals surface area (Å²) in [5, 5.41) is 12.1. The van der Waals surface area contributed by atoms with E-state index in [2.05, 4.69) is 5.32 Å². The Morgan fingerprint density at radius 2 is 2.22 bits per heavy atom. The molecule has 1 aromatic carbocycles. The predicted octanol–water partition coefficient (Wildman–Crippen LogP) is 1.92. The number of nitrogens with one attached hydrogen (secondary N) is 1. The lowest BCUT2D eigenvalue weighted by atomic mass is 10.2. The molecule has 5 nitrogen and oxygen atoms in total. The van der Waals surface area contributed by atoms with Crippen molar-refractivity contribution in [2.75, 3.05) is 20.3 Å². The van der Waals surface area contributed by atoms with Gasteiger partial charge in [-0.3, -0.25) is 0 Å². The zero-order valence-corrected chi connectivity index (χ0v) is 11.1. The SMILES string of the molecule is CCNCc1cc(Cl)c(OCC(=O)O)c(OC)c1. The van der Waals surface area contributed by atoms with Crippen molar-refractivity contribution in [2.24, 2.45) is 0 Å². The number of carbonyl (C=O) groups is 1. The van der Waals surface area contributed by atoms with Crippen molar-refractivity contribution in [1.82, 2.24) is 5.32 Å². The van der Waals surface area contributed by atoms with Crippen LogP contribution in [0, 0.1) is 0 Å². The van der Waals surface area contributed by atoms with E-state index in [1.165, 1.54) is 7.11 Å². The Kier molecular flexibility index (Phi) is 5.74. The molecule has 0 aliphatic carbocycles. The molecule has 0 aliphatic heterocycles. The van der Waals surface area contributed by atoms with Crippen molar-refractivity contribution in [2.45, 2.75) is 13.5 Å². The van der Waals surface area contributed by atoms with Crippen LogP contribution in [0.3, 0.4) is 0 Å². The van der Waals surface area contributed by atoms with Crippen LogP contribution >= 0.6 is 11.6 Å². The van der Waals surface area contributed by atoms with E-state index < -0.39 is 12.6 Å². The molecule has 0 radical (unpaired) electrons. The molecular weight excluding hydrogens is 258 g/mol. The Hall–Kier alpha value is -1.46. The highest BCUT2D eigenvalue weighted by Gasteiger charge is 2.13. The van der Waals surface area contributed by atoms with Crippen molar-refractivity contribution in [1.29, 1.82) is 0 Å². The van der Waals surface area contributed by atoms with Crippen LogP contribution in [0.25, 0.3) is 0 Å². The number of methoxy groups -OCH3 is 1.